The van der Waals surface area contributed by atoms with E-state index in [1.807, 2.05) is 0 Å². The third kappa shape index (κ3) is 3.80. The van der Waals surface area contributed by atoms with E-state index in [9.17, 15) is 14.0 Å². The number of hydrogen-bond acceptors (Lipinski definition) is 9. The summed E-state index contributed by atoms with van der Waals surface area (Å²) in [7, 11) is 0. The van der Waals surface area contributed by atoms with E-state index in [0.717, 1.165) is 11.3 Å². The topological polar surface area (TPSA) is 140 Å². The van der Waals surface area contributed by atoms with Gasteiger partial charge in [-0.2, -0.15) is 5.10 Å². The molecule has 1 aromatic carbocycles. The minimum Gasteiger partial charge on any atom is -0.310 e. The Bertz CT molecular complexity index is 1700. The summed E-state index contributed by atoms with van der Waals surface area (Å²) in [5, 5.41) is 18.6. The van der Waals surface area contributed by atoms with Gasteiger partial charge in [-0.05, 0) is 32.0 Å². The van der Waals surface area contributed by atoms with Crippen molar-refractivity contribution in [3.8, 4) is 11.5 Å². The molecule has 0 aliphatic carbocycles. The van der Waals surface area contributed by atoms with Crippen LogP contribution in [0.2, 0.25) is 0 Å². The largest absolute Gasteiger partial charge is 0.310 e. The zero-order valence-electron chi connectivity index (χ0n) is 19.6. The number of anilines is 2. The van der Waals surface area contributed by atoms with Crippen molar-refractivity contribution in [2.45, 2.75) is 25.8 Å². The molecule has 184 valence electrons. The molecule has 1 aliphatic rings. The number of aromatic nitrogens is 7. The molecule has 6 rings (SSSR count). The summed E-state index contributed by atoms with van der Waals surface area (Å²) >= 11 is 1.15. The maximum absolute atomic E-state index is 14.4. The van der Waals surface area contributed by atoms with E-state index < -0.39 is 11.3 Å². The van der Waals surface area contributed by atoms with Crippen LogP contribution in [0.15, 0.2) is 48.1 Å². The van der Waals surface area contributed by atoms with Crippen LogP contribution in [0.5, 0.6) is 0 Å². The lowest BCUT2D eigenvalue weighted by molar-refractivity contribution is -0.119. The molecule has 0 bridgehead atoms. The van der Waals surface area contributed by atoms with Crippen molar-refractivity contribution < 1.29 is 14.0 Å². The summed E-state index contributed by atoms with van der Waals surface area (Å²) in [6.07, 6.45) is 1.61. The highest BCUT2D eigenvalue weighted by molar-refractivity contribution is 7.13. The Kier molecular flexibility index (Phi) is 5.22. The lowest BCUT2D eigenvalue weighted by atomic mass is 9.85. The fourth-order valence-corrected chi connectivity index (χ4v) is 4.69. The number of hydrogen-bond donors (Lipinski definition) is 2. The number of pyridine rings is 1. The first kappa shape index (κ1) is 22.8. The zero-order valence-corrected chi connectivity index (χ0v) is 20.4. The first-order valence-corrected chi connectivity index (χ1v) is 12.1. The lowest BCUT2D eigenvalue weighted by Gasteiger charge is -2.17. The fourth-order valence-electron chi connectivity index (χ4n) is 4.25. The van der Waals surface area contributed by atoms with Gasteiger partial charge in [0.25, 0.3) is 5.91 Å². The monoisotopic (exact) mass is 515 g/mol. The molecule has 0 atom stereocenters. The molecule has 1 aliphatic heterocycles. The van der Waals surface area contributed by atoms with Crippen LogP contribution < -0.4 is 10.6 Å². The molecule has 5 aromatic rings. The van der Waals surface area contributed by atoms with E-state index >= 15 is 0 Å². The lowest BCUT2D eigenvalue weighted by Crippen LogP contribution is -2.29. The van der Waals surface area contributed by atoms with Gasteiger partial charge < -0.3 is 5.32 Å². The van der Waals surface area contributed by atoms with Gasteiger partial charge in [0.1, 0.15) is 28.5 Å². The van der Waals surface area contributed by atoms with Gasteiger partial charge in [0, 0.05) is 17.3 Å². The normalized spacial score (nSPS) is 14.0. The molecule has 2 N–H and O–H groups in total. The highest BCUT2D eigenvalue weighted by atomic mass is 32.1. The molecule has 2 amide bonds. The van der Waals surface area contributed by atoms with Crippen molar-refractivity contribution in [3.05, 3.63) is 70.7 Å². The number of carbonyl (C=O) groups is 2. The Morgan fingerprint density at radius 1 is 1.19 bits per heavy atom. The molecular formula is C24H18FN9O2S. The van der Waals surface area contributed by atoms with Crippen LogP contribution in [-0.4, -0.2) is 46.7 Å². The predicted molar refractivity (Wildman–Crippen MR) is 134 cm³/mol. The van der Waals surface area contributed by atoms with Gasteiger partial charge in [-0.1, -0.05) is 29.5 Å². The Labute approximate surface area is 212 Å². The van der Waals surface area contributed by atoms with Crippen molar-refractivity contribution in [1.82, 2.24) is 34.9 Å². The van der Waals surface area contributed by atoms with Gasteiger partial charge in [-0.25, -0.2) is 24.0 Å². The molecule has 13 heteroatoms. The quantitative estimate of drug-likeness (QED) is 0.363. The fraction of sp³-hybridized carbons (Fsp3) is 0.167. The maximum atomic E-state index is 14.4. The molecule has 5 heterocycles. The van der Waals surface area contributed by atoms with E-state index in [2.05, 4.69) is 40.9 Å². The summed E-state index contributed by atoms with van der Waals surface area (Å²) in [4.78, 5) is 39.6. The number of halogens is 1. The molecule has 0 unspecified atom stereocenters. The van der Waals surface area contributed by atoms with Gasteiger partial charge in [0.2, 0.25) is 11.0 Å². The second kappa shape index (κ2) is 8.48. The molecule has 0 spiro atoms. The van der Waals surface area contributed by atoms with Crippen LogP contribution in [0.3, 0.4) is 0 Å². The number of benzene rings is 1. The van der Waals surface area contributed by atoms with Gasteiger partial charge in [0.15, 0.2) is 11.5 Å². The summed E-state index contributed by atoms with van der Waals surface area (Å²) in [5.74, 6) is -0.893. The summed E-state index contributed by atoms with van der Waals surface area (Å²) in [6.45, 7) is 3.52. The molecule has 4 aromatic heterocycles. The maximum Gasteiger partial charge on any atom is 0.276 e. The second-order valence-corrected chi connectivity index (χ2v) is 9.70. The van der Waals surface area contributed by atoms with Crippen molar-refractivity contribution >= 4 is 45.1 Å². The molecule has 0 saturated carbocycles. The molecule has 11 nitrogen and oxygen atoms in total. The minimum absolute atomic E-state index is 0.0132. The van der Waals surface area contributed by atoms with E-state index in [1.165, 1.54) is 11.6 Å². The van der Waals surface area contributed by atoms with Gasteiger partial charge in [-0.15, -0.1) is 10.2 Å². The van der Waals surface area contributed by atoms with Crippen LogP contribution in [0.4, 0.5) is 15.3 Å². The van der Waals surface area contributed by atoms with E-state index in [4.69, 9.17) is 0 Å². The van der Waals surface area contributed by atoms with E-state index in [1.54, 1.807) is 55.1 Å². The van der Waals surface area contributed by atoms with Gasteiger partial charge in [0.05, 0.1) is 17.3 Å². The number of rotatable bonds is 5. The van der Waals surface area contributed by atoms with Crippen molar-refractivity contribution in [2.75, 3.05) is 10.6 Å². The highest BCUT2D eigenvalue weighted by Crippen LogP contribution is 2.40. The van der Waals surface area contributed by atoms with E-state index in [-0.39, 0.29) is 40.7 Å². The number of nitrogens with zero attached hydrogens (tertiary/aromatic N) is 7. The smallest absolute Gasteiger partial charge is 0.276 e. The van der Waals surface area contributed by atoms with Gasteiger partial charge >= 0.3 is 0 Å². The number of fused-ring (bicyclic) bond motifs is 2. The predicted octanol–water partition coefficient (Wildman–Crippen LogP) is 3.41. The molecule has 0 fully saturated rings. The molecule has 0 saturated heterocycles. The van der Waals surface area contributed by atoms with Crippen molar-refractivity contribution in [3.63, 3.8) is 0 Å². The Morgan fingerprint density at radius 2 is 2.03 bits per heavy atom. The van der Waals surface area contributed by atoms with Crippen LogP contribution in [-0.2, 0) is 16.8 Å². The molecular weight excluding hydrogens is 497 g/mol. The summed E-state index contributed by atoms with van der Waals surface area (Å²) < 4.78 is 15.9. The van der Waals surface area contributed by atoms with Crippen LogP contribution in [0.25, 0.3) is 22.6 Å². The Morgan fingerprint density at radius 3 is 2.81 bits per heavy atom. The van der Waals surface area contributed by atoms with Crippen LogP contribution in [0, 0.1) is 5.82 Å². The zero-order chi connectivity index (χ0) is 25.7. The number of carbonyl (C=O) groups excluding carboxylic acids is 2. The average molecular weight is 516 g/mol. The Hall–Kier alpha value is -4.65. The van der Waals surface area contributed by atoms with E-state index in [0.29, 0.717) is 27.9 Å². The van der Waals surface area contributed by atoms with Crippen LogP contribution >= 0.6 is 11.3 Å². The minimum atomic E-state index is -1.05. The first-order valence-electron chi connectivity index (χ1n) is 11.2. The second-order valence-electron chi connectivity index (χ2n) is 8.87. The SMILES string of the molecule is CC1(C)C(=O)Nc2nc(-c3nn(Cc4ccccc4F)c4ncccc34)nc(C(=O)Nc3nncs3)c21. The van der Waals surface area contributed by atoms with Gasteiger partial charge in [-0.3, -0.25) is 14.9 Å². The summed E-state index contributed by atoms with van der Waals surface area (Å²) in [6, 6.07) is 9.95. The third-order valence-electron chi connectivity index (χ3n) is 6.13. The number of nitrogens with one attached hydrogen (secondary N) is 2. The summed E-state index contributed by atoms with van der Waals surface area (Å²) in [5.41, 5.74) is 2.10. The third-order valence-corrected chi connectivity index (χ3v) is 6.73. The molecule has 0 radical (unpaired) electrons. The molecule has 37 heavy (non-hydrogen) atoms. The first-order chi connectivity index (χ1) is 17.8. The van der Waals surface area contributed by atoms with Crippen LogP contribution in [0.1, 0.15) is 35.5 Å². The number of amides is 2. The Balaban J connectivity index is 1.51. The van der Waals surface area contributed by atoms with Crippen molar-refractivity contribution in [2.24, 2.45) is 0 Å². The average Bonchev–Trinajstić information content (AvgIpc) is 3.58. The highest BCUT2D eigenvalue weighted by Gasteiger charge is 2.44. The van der Waals surface area contributed by atoms with Crippen molar-refractivity contribution in [1.29, 1.82) is 0 Å². The standard InChI is InChI=1S/C24H18FN9O2S/c1-24(2)15-17(21(35)31-23-32-27-11-37-23)28-19(29-18(15)30-22(24)36)16-13-7-5-9-26-20(13)34(33-16)10-12-6-3-4-8-14(12)25/h3-9,11H,10H2,1-2H3,(H,31,32,35)(H,28,29,30,36).